The number of nitrogens with zero attached hydrogens (tertiary/aromatic N) is 2. The largest absolute Gasteiger partial charge is 0.360 e. The van der Waals surface area contributed by atoms with Gasteiger partial charge in [-0.15, -0.1) is 0 Å². The standard InChI is InChI=1S/C21H29N3O/c1-21(2,3)18-12-8-9-13-19(18)23-15-16(14-22)20(25)24(4)17-10-6-5-7-11-17/h8-9,12-13,15,17,23H,5-7,10-11H2,1-4H3/b16-15-. The summed E-state index contributed by atoms with van der Waals surface area (Å²) in [6.45, 7) is 6.43. The summed E-state index contributed by atoms with van der Waals surface area (Å²) < 4.78 is 0. The van der Waals surface area contributed by atoms with Crippen molar-refractivity contribution < 1.29 is 4.79 Å². The highest BCUT2D eigenvalue weighted by atomic mass is 16.2. The maximum Gasteiger partial charge on any atom is 0.266 e. The van der Waals surface area contributed by atoms with E-state index in [-0.39, 0.29) is 22.9 Å². The zero-order chi connectivity index (χ0) is 18.4. The molecular weight excluding hydrogens is 310 g/mol. The molecule has 1 saturated carbocycles. The lowest BCUT2D eigenvalue weighted by Gasteiger charge is -2.31. The highest BCUT2D eigenvalue weighted by Gasteiger charge is 2.24. The summed E-state index contributed by atoms with van der Waals surface area (Å²) in [5.74, 6) is -0.199. The van der Waals surface area contributed by atoms with E-state index in [2.05, 4.69) is 38.2 Å². The van der Waals surface area contributed by atoms with E-state index in [1.807, 2.05) is 25.2 Å². The van der Waals surface area contributed by atoms with Crippen LogP contribution in [0.5, 0.6) is 0 Å². The SMILES string of the molecule is CN(C(=O)/C(C#N)=C\Nc1ccccc1C(C)(C)C)C1CCCCC1. The van der Waals surface area contributed by atoms with Crippen LogP contribution in [0.2, 0.25) is 0 Å². The molecule has 0 radical (unpaired) electrons. The van der Waals surface area contributed by atoms with E-state index < -0.39 is 0 Å². The van der Waals surface area contributed by atoms with Crippen molar-refractivity contribution in [3.63, 3.8) is 0 Å². The summed E-state index contributed by atoms with van der Waals surface area (Å²) in [4.78, 5) is 14.4. The molecule has 1 aromatic carbocycles. The topological polar surface area (TPSA) is 56.1 Å². The van der Waals surface area contributed by atoms with Gasteiger partial charge in [0, 0.05) is 25.0 Å². The van der Waals surface area contributed by atoms with Crippen molar-refractivity contribution in [2.24, 2.45) is 0 Å². The number of anilines is 1. The molecule has 0 aromatic heterocycles. The first-order valence-electron chi connectivity index (χ1n) is 9.08. The fraction of sp³-hybridized carbons (Fsp3) is 0.524. The van der Waals surface area contributed by atoms with Gasteiger partial charge in [0.2, 0.25) is 0 Å². The van der Waals surface area contributed by atoms with E-state index in [1.54, 1.807) is 11.1 Å². The second kappa shape index (κ2) is 8.20. The summed E-state index contributed by atoms with van der Waals surface area (Å²) >= 11 is 0. The minimum absolute atomic E-state index is 0.0207. The molecule has 0 aliphatic heterocycles. The Labute approximate surface area is 151 Å². The number of amides is 1. The van der Waals surface area contributed by atoms with E-state index in [0.29, 0.717) is 0 Å². The van der Waals surface area contributed by atoms with Gasteiger partial charge in [0.05, 0.1) is 0 Å². The van der Waals surface area contributed by atoms with Crippen molar-refractivity contribution in [3.8, 4) is 6.07 Å². The first-order valence-corrected chi connectivity index (χ1v) is 9.08. The number of hydrogen-bond acceptors (Lipinski definition) is 3. The Morgan fingerprint density at radius 2 is 1.88 bits per heavy atom. The third-order valence-corrected chi connectivity index (χ3v) is 4.90. The predicted molar refractivity (Wildman–Crippen MR) is 102 cm³/mol. The second-order valence-corrected chi connectivity index (χ2v) is 7.82. The molecule has 0 saturated heterocycles. The van der Waals surface area contributed by atoms with E-state index in [1.165, 1.54) is 6.42 Å². The summed E-state index contributed by atoms with van der Waals surface area (Å²) in [5, 5.41) is 12.6. The molecule has 1 aromatic rings. The molecule has 1 amide bonds. The molecule has 1 N–H and O–H groups in total. The first kappa shape index (κ1) is 19.1. The smallest absolute Gasteiger partial charge is 0.266 e. The highest BCUT2D eigenvalue weighted by Crippen LogP contribution is 2.29. The average molecular weight is 339 g/mol. The van der Waals surface area contributed by atoms with Crippen molar-refractivity contribution in [3.05, 3.63) is 41.6 Å². The van der Waals surface area contributed by atoms with Crippen molar-refractivity contribution in [2.45, 2.75) is 64.3 Å². The van der Waals surface area contributed by atoms with Gasteiger partial charge in [-0.3, -0.25) is 4.79 Å². The number of benzene rings is 1. The van der Waals surface area contributed by atoms with Gasteiger partial charge in [0.25, 0.3) is 5.91 Å². The van der Waals surface area contributed by atoms with Crippen LogP contribution in [-0.4, -0.2) is 23.9 Å². The van der Waals surface area contributed by atoms with Crippen LogP contribution in [0.4, 0.5) is 5.69 Å². The molecule has 4 nitrogen and oxygen atoms in total. The van der Waals surface area contributed by atoms with Crippen molar-refractivity contribution in [1.29, 1.82) is 5.26 Å². The number of para-hydroxylation sites is 1. The lowest BCUT2D eigenvalue weighted by atomic mass is 9.86. The first-order chi connectivity index (χ1) is 11.8. The van der Waals surface area contributed by atoms with Crippen LogP contribution in [0.25, 0.3) is 0 Å². The molecule has 0 spiro atoms. The Hall–Kier alpha value is -2.28. The second-order valence-electron chi connectivity index (χ2n) is 7.82. The minimum atomic E-state index is -0.199. The fourth-order valence-corrected chi connectivity index (χ4v) is 3.38. The molecule has 0 unspecified atom stereocenters. The Morgan fingerprint density at radius 3 is 2.48 bits per heavy atom. The van der Waals surface area contributed by atoms with Crippen LogP contribution in [0.15, 0.2) is 36.0 Å². The lowest BCUT2D eigenvalue weighted by molar-refractivity contribution is -0.128. The Balaban J connectivity index is 2.16. The number of rotatable bonds is 4. The van der Waals surface area contributed by atoms with E-state index in [4.69, 9.17) is 0 Å². The number of nitriles is 1. The summed E-state index contributed by atoms with van der Waals surface area (Å²) in [7, 11) is 1.81. The maximum absolute atomic E-state index is 12.7. The van der Waals surface area contributed by atoms with Gasteiger partial charge in [-0.2, -0.15) is 5.26 Å². The monoisotopic (exact) mass is 339 g/mol. The predicted octanol–water partition coefficient (Wildman–Crippen LogP) is 4.59. The number of likely N-dealkylation sites (N-methyl/N-ethyl adjacent to an activating group) is 1. The van der Waals surface area contributed by atoms with Gasteiger partial charge in [-0.1, -0.05) is 58.2 Å². The minimum Gasteiger partial charge on any atom is -0.360 e. The molecule has 4 heteroatoms. The number of carbonyl (C=O) groups excluding carboxylic acids is 1. The van der Waals surface area contributed by atoms with Crippen molar-refractivity contribution in [2.75, 3.05) is 12.4 Å². The zero-order valence-corrected chi connectivity index (χ0v) is 15.8. The van der Waals surface area contributed by atoms with Crippen LogP contribution in [0.3, 0.4) is 0 Å². The third kappa shape index (κ3) is 4.85. The summed E-state index contributed by atoms with van der Waals surface area (Å²) in [6.07, 6.45) is 7.16. The number of nitrogens with one attached hydrogen (secondary N) is 1. The van der Waals surface area contributed by atoms with Gasteiger partial charge in [-0.05, 0) is 29.9 Å². The van der Waals surface area contributed by atoms with Gasteiger partial charge in [-0.25, -0.2) is 0 Å². The molecule has 0 bridgehead atoms. The number of hydrogen-bond donors (Lipinski definition) is 1. The van der Waals surface area contributed by atoms with Gasteiger partial charge >= 0.3 is 0 Å². The van der Waals surface area contributed by atoms with Crippen molar-refractivity contribution >= 4 is 11.6 Å². The molecule has 2 rings (SSSR count). The summed E-state index contributed by atoms with van der Waals surface area (Å²) in [5.41, 5.74) is 2.21. The molecule has 25 heavy (non-hydrogen) atoms. The van der Waals surface area contributed by atoms with E-state index in [9.17, 15) is 10.1 Å². The summed E-state index contributed by atoms with van der Waals surface area (Å²) in [6, 6.07) is 10.3. The van der Waals surface area contributed by atoms with Crippen LogP contribution < -0.4 is 5.32 Å². The molecule has 1 aliphatic carbocycles. The number of carbonyl (C=O) groups is 1. The molecular formula is C21H29N3O. The maximum atomic E-state index is 12.7. The van der Waals surface area contributed by atoms with Crippen molar-refractivity contribution in [1.82, 2.24) is 4.90 Å². The Bertz CT molecular complexity index is 673. The zero-order valence-electron chi connectivity index (χ0n) is 15.8. The molecule has 1 aliphatic rings. The molecule has 0 atom stereocenters. The van der Waals surface area contributed by atoms with Gasteiger partial charge < -0.3 is 10.2 Å². The van der Waals surface area contributed by atoms with Crippen LogP contribution in [-0.2, 0) is 10.2 Å². The van der Waals surface area contributed by atoms with Crippen LogP contribution in [0.1, 0.15) is 58.4 Å². The molecule has 1 fully saturated rings. The fourth-order valence-electron chi connectivity index (χ4n) is 3.38. The lowest BCUT2D eigenvalue weighted by Crippen LogP contribution is -2.39. The Morgan fingerprint density at radius 1 is 1.24 bits per heavy atom. The van der Waals surface area contributed by atoms with Crippen LogP contribution >= 0.6 is 0 Å². The Kier molecular flexibility index (Phi) is 6.25. The van der Waals surface area contributed by atoms with Crippen LogP contribution in [0, 0.1) is 11.3 Å². The highest BCUT2D eigenvalue weighted by molar-refractivity contribution is 5.97. The molecule has 0 heterocycles. The third-order valence-electron chi connectivity index (χ3n) is 4.90. The van der Waals surface area contributed by atoms with Gasteiger partial charge in [0.1, 0.15) is 11.6 Å². The normalized spacial score (nSPS) is 16.2. The van der Waals surface area contributed by atoms with E-state index >= 15 is 0 Å². The molecule has 134 valence electrons. The van der Waals surface area contributed by atoms with Gasteiger partial charge in [0.15, 0.2) is 0 Å². The van der Waals surface area contributed by atoms with E-state index in [0.717, 1.165) is 36.9 Å². The average Bonchev–Trinajstić information content (AvgIpc) is 2.61. The quantitative estimate of drug-likeness (QED) is 0.644.